The molecule has 3 N–H and O–H groups in total. The Bertz CT molecular complexity index is 753. The van der Waals surface area contributed by atoms with Crippen LogP contribution in [0.3, 0.4) is 0 Å². The Morgan fingerprint density at radius 3 is 2.48 bits per heavy atom. The Morgan fingerprint density at radius 1 is 1.20 bits per heavy atom. The summed E-state index contributed by atoms with van der Waals surface area (Å²) < 4.78 is 0. The van der Waals surface area contributed by atoms with Crippen molar-refractivity contribution in [1.82, 2.24) is 10.6 Å². The standard InChI is InChI=1S/C20H21N3O2/c21-11-17(12-23-20(25)19-10-18(24)13-22-19)16-8-6-15(7-9-16)14-4-2-1-3-5-14/h1-9,17-19,22,24H,10,12-13H2,(H,23,25)/t17-,18+,19-/m0/s1. The summed E-state index contributed by atoms with van der Waals surface area (Å²) in [5.74, 6) is -0.571. The Hall–Kier alpha value is -2.68. The van der Waals surface area contributed by atoms with Crippen molar-refractivity contribution in [3.63, 3.8) is 0 Å². The van der Waals surface area contributed by atoms with E-state index in [0.29, 0.717) is 13.0 Å². The van der Waals surface area contributed by atoms with Gasteiger partial charge in [-0.15, -0.1) is 0 Å². The van der Waals surface area contributed by atoms with Crippen molar-refractivity contribution in [2.75, 3.05) is 13.1 Å². The van der Waals surface area contributed by atoms with Gasteiger partial charge < -0.3 is 15.7 Å². The third-order valence-corrected chi connectivity index (χ3v) is 4.48. The lowest BCUT2D eigenvalue weighted by atomic mass is 9.97. The number of nitrogens with zero attached hydrogens (tertiary/aromatic N) is 1. The highest BCUT2D eigenvalue weighted by molar-refractivity contribution is 5.82. The van der Waals surface area contributed by atoms with Crippen LogP contribution in [0.4, 0.5) is 0 Å². The van der Waals surface area contributed by atoms with Gasteiger partial charge in [-0.3, -0.25) is 4.79 Å². The van der Waals surface area contributed by atoms with Gasteiger partial charge in [0, 0.05) is 13.1 Å². The van der Waals surface area contributed by atoms with Crippen LogP contribution in [0, 0.1) is 11.3 Å². The highest BCUT2D eigenvalue weighted by Gasteiger charge is 2.28. The molecule has 0 aromatic heterocycles. The Labute approximate surface area is 147 Å². The number of rotatable bonds is 5. The van der Waals surface area contributed by atoms with Gasteiger partial charge in [-0.05, 0) is 23.1 Å². The smallest absolute Gasteiger partial charge is 0.237 e. The second-order valence-corrected chi connectivity index (χ2v) is 6.27. The first-order valence-corrected chi connectivity index (χ1v) is 8.41. The molecule has 1 amide bonds. The summed E-state index contributed by atoms with van der Waals surface area (Å²) in [7, 11) is 0. The molecule has 5 nitrogen and oxygen atoms in total. The van der Waals surface area contributed by atoms with Crippen LogP contribution in [0.5, 0.6) is 0 Å². The largest absolute Gasteiger partial charge is 0.392 e. The number of hydrogen-bond donors (Lipinski definition) is 3. The third-order valence-electron chi connectivity index (χ3n) is 4.48. The van der Waals surface area contributed by atoms with E-state index >= 15 is 0 Å². The molecule has 0 aliphatic carbocycles. The average Bonchev–Trinajstić information content (AvgIpc) is 3.10. The first-order valence-electron chi connectivity index (χ1n) is 8.41. The number of carbonyl (C=O) groups is 1. The van der Waals surface area contributed by atoms with E-state index in [0.717, 1.165) is 16.7 Å². The van der Waals surface area contributed by atoms with E-state index in [2.05, 4.69) is 16.7 Å². The molecule has 1 aliphatic heterocycles. The van der Waals surface area contributed by atoms with E-state index in [1.165, 1.54) is 0 Å². The van der Waals surface area contributed by atoms with Crippen LogP contribution in [0.15, 0.2) is 54.6 Å². The maximum Gasteiger partial charge on any atom is 0.237 e. The van der Waals surface area contributed by atoms with E-state index < -0.39 is 12.0 Å². The van der Waals surface area contributed by atoms with Crippen LogP contribution >= 0.6 is 0 Å². The summed E-state index contributed by atoms with van der Waals surface area (Å²) in [5, 5.41) is 24.7. The number of aliphatic hydroxyl groups is 1. The highest BCUT2D eigenvalue weighted by atomic mass is 16.3. The van der Waals surface area contributed by atoms with Crippen molar-refractivity contribution in [1.29, 1.82) is 5.26 Å². The number of nitriles is 1. The lowest BCUT2D eigenvalue weighted by Gasteiger charge is -2.14. The van der Waals surface area contributed by atoms with Crippen LogP contribution in [0.25, 0.3) is 11.1 Å². The maximum atomic E-state index is 12.1. The molecule has 5 heteroatoms. The normalized spacial score (nSPS) is 20.6. The van der Waals surface area contributed by atoms with Crippen molar-refractivity contribution >= 4 is 5.91 Å². The molecule has 128 valence electrons. The molecular formula is C20H21N3O2. The van der Waals surface area contributed by atoms with Crippen LogP contribution < -0.4 is 10.6 Å². The highest BCUT2D eigenvalue weighted by Crippen LogP contribution is 2.22. The average molecular weight is 335 g/mol. The van der Waals surface area contributed by atoms with Gasteiger partial charge in [0.1, 0.15) is 0 Å². The van der Waals surface area contributed by atoms with Gasteiger partial charge in [0.15, 0.2) is 0 Å². The summed E-state index contributed by atoms with van der Waals surface area (Å²) >= 11 is 0. The molecular weight excluding hydrogens is 314 g/mol. The third kappa shape index (κ3) is 4.24. The molecule has 3 rings (SSSR count). The molecule has 1 aliphatic rings. The topological polar surface area (TPSA) is 85.2 Å². The summed E-state index contributed by atoms with van der Waals surface area (Å²) in [6.45, 7) is 0.689. The number of amides is 1. The fraction of sp³-hybridized carbons (Fsp3) is 0.300. The molecule has 0 unspecified atom stereocenters. The Morgan fingerprint density at radius 2 is 1.88 bits per heavy atom. The molecule has 25 heavy (non-hydrogen) atoms. The van der Waals surface area contributed by atoms with Gasteiger partial charge in [-0.2, -0.15) is 5.26 Å². The van der Waals surface area contributed by atoms with Gasteiger partial charge in [0.25, 0.3) is 0 Å². The van der Waals surface area contributed by atoms with Crippen molar-refractivity contribution < 1.29 is 9.90 Å². The number of aliphatic hydroxyl groups excluding tert-OH is 1. The van der Waals surface area contributed by atoms with Crippen LogP contribution in [0.1, 0.15) is 17.9 Å². The molecule has 2 aromatic carbocycles. The first kappa shape index (κ1) is 17.2. The number of nitrogens with one attached hydrogen (secondary N) is 2. The molecule has 0 saturated carbocycles. The minimum absolute atomic E-state index is 0.169. The lowest BCUT2D eigenvalue weighted by Crippen LogP contribution is -2.41. The number of carbonyl (C=O) groups excluding carboxylic acids is 1. The number of hydrogen-bond acceptors (Lipinski definition) is 4. The zero-order chi connectivity index (χ0) is 17.6. The van der Waals surface area contributed by atoms with E-state index in [4.69, 9.17) is 0 Å². The maximum absolute atomic E-state index is 12.1. The number of β-amino-alcohol motifs (C(OH)–C–C–N with tert-alkyl or cyclic N) is 1. The minimum Gasteiger partial charge on any atom is -0.392 e. The second-order valence-electron chi connectivity index (χ2n) is 6.27. The van der Waals surface area contributed by atoms with Crippen molar-refractivity contribution in [3.05, 3.63) is 60.2 Å². The molecule has 0 radical (unpaired) electrons. The molecule has 1 saturated heterocycles. The second kappa shape index (κ2) is 7.93. The Kier molecular flexibility index (Phi) is 5.44. The SMILES string of the molecule is N#C[C@@H](CNC(=O)[C@@H]1C[C@@H](O)CN1)c1ccc(-c2ccccc2)cc1. The van der Waals surface area contributed by atoms with Crippen LogP contribution in [-0.4, -0.2) is 36.2 Å². The van der Waals surface area contributed by atoms with Gasteiger partial charge in [0.05, 0.1) is 24.1 Å². The molecule has 1 heterocycles. The van der Waals surface area contributed by atoms with Crippen LogP contribution in [-0.2, 0) is 4.79 Å². The van der Waals surface area contributed by atoms with E-state index in [1.807, 2.05) is 54.6 Å². The zero-order valence-electron chi connectivity index (χ0n) is 13.9. The molecule has 0 spiro atoms. The van der Waals surface area contributed by atoms with E-state index in [1.54, 1.807) is 0 Å². The molecule has 1 fully saturated rings. The number of benzene rings is 2. The lowest BCUT2D eigenvalue weighted by molar-refractivity contribution is -0.122. The van der Waals surface area contributed by atoms with Gasteiger partial charge in [0.2, 0.25) is 5.91 Å². The summed E-state index contributed by atoms with van der Waals surface area (Å²) in [6.07, 6.45) is -0.0671. The fourth-order valence-corrected chi connectivity index (χ4v) is 3.02. The first-order chi connectivity index (χ1) is 12.2. The fourth-order valence-electron chi connectivity index (χ4n) is 3.02. The molecule has 2 aromatic rings. The van der Waals surface area contributed by atoms with Gasteiger partial charge in [-0.1, -0.05) is 54.6 Å². The van der Waals surface area contributed by atoms with E-state index in [9.17, 15) is 15.2 Å². The van der Waals surface area contributed by atoms with Gasteiger partial charge in [-0.25, -0.2) is 0 Å². The summed E-state index contributed by atoms with van der Waals surface area (Å²) in [4.78, 5) is 12.1. The molecule has 0 bridgehead atoms. The summed E-state index contributed by atoms with van der Waals surface area (Å²) in [5.41, 5.74) is 3.10. The monoisotopic (exact) mass is 335 g/mol. The van der Waals surface area contributed by atoms with Gasteiger partial charge >= 0.3 is 0 Å². The van der Waals surface area contributed by atoms with Crippen molar-refractivity contribution in [2.24, 2.45) is 0 Å². The summed E-state index contributed by atoms with van der Waals surface area (Å²) in [6, 6.07) is 19.8. The van der Waals surface area contributed by atoms with E-state index in [-0.39, 0.29) is 18.5 Å². The molecule has 3 atom stereocenters. The predicted octanol–water partition coefficient (Wildman–Crippen LogP) is 1.80. The minimum atomic E-state index is -0.479. The van der Waals surface area contributed by atoms with Crippen molar-refractivity contribution in [3.8, 4) is 17.2 Å². The quantitative estimate of drug-likeness (QED) is 0.778. The Balaban J connectivity index is 1.61. The predicted molar refractivity (Wildman–Crippen MR) is 95.7 cm³/mol. The van der Waals surface area contributed by atoms with Crippen LogP contribution in [0.2, 0.25) is 0 Å². The zero-order valence-corrected chi connectivity index (χ0v) is 13.9. The van der Waals surface area contributed by atoms with Crippen molar-refractivity contribution in [2.45, 2.75) is 24.5 Å².